The van der Waals surface area contributed by atoms with E-state index in [0.29, 0.717) is 12.3 Å². The third-order valence-corrected chi connectivity index (χ3v) is 4.45. The van der Waals surface area contributed by atoms with Gasteiger partial charge in [-0.2, -0.15) is 0 Å². The summed E-state index contributed by atoms with van der Waals surface area (Å²) in [6, 6.07) is 17.8. The fourth-order valence-electron chi connectivity index (χ4n) is 3.12. The zero-order valence-electron chi connectivity index (χ0n) is 13.9. The van der Waals surface area contributed by atoms with E-state index in [0.717, 1.165) is 29.7 Å². The summed E-state index contributed by atoms with van der Waals surface area (Å²) in [5, 5.41) is 3.20. The van der Waals surface area contributed by atoms with Gasteiger partial charge in [-0.25, -0.2) is 0 Å². The van der Waals surface area contributed by atoms with Crippen LogP contribution in [0.4, 0.5) is 0 Å². The summed E-state index contributed by atoms with van der Waals surface area (Å²) in [4.78, 5) is 12.5. The lowest BCUT2D eigenvalue weighted by atomic mass is 9.97. The first-order valence-electron chi connectivity index (χ1n) is 8.41. The highest BCUT2D eigenvalue weighted by Gasteiger charge is 2.19. The molecule has 0 aromatic heterocycles. The zero-order chi connectivity index (χ0) is 16.8. The molecule has 0 bridgehead atoms. The first-order valence-corrected chi connectivity index (χ1v) is 8.41. The van der Waals surface area contributed by atoms with Crippen molar-refractivity contribution in [3.63, 3.8) is 0 Å². The lowest BCUT2D eigenvalue weighted by molar-refractivity contribution is -0.122. The molecule has 2 aromatic carbocycles. The summed E-state index contributed by atoms with van der Waals surface area (Å²) >= 11 is 0. The van der Waals surface area contributed by atoms with Crippen molar-refractivity contribution in [3.8, 4) is 5.75 Å². The molecule has 124 valence electrons. The van der Waals surface area contributed by atoms with Crippen molar-refractivity contribution in [2.75, 3.05) is 7.11 Å². The second-order valence-corrected chi connectivity index (χ2v) is 6.15. The lowest BCUT2D eigenvalue weighted by Gasteiger charge is -2.21. The van der Waals surface area contributed by atoms with E-state index in [2.05, 4.69) is 17.5 Å². The maximum absolute atomic E-state index is 12.5. The van der Waals surface area contributed by atoms with E-state index in [1.165, 1.54) is 0 Å². The van der Waals surface area contributed by atoms with Crippen LogP contribution in [0, 0.1) is 5.92 Å². The molecule has 0 heterocycles. The van der Waals surface area contributed by atoms with Crippen molar-refractivity contribution in [1.29, 1.82) is 0 Å². The number of hydrogen-bond donors (Lipinski definition) is 1. The van der Waals surface area contributed by atoms with Crippen molar-refractivity contribution in [2.24, 2.45) is 5.92 Å². The van der Waals surface area contributed by atoms with E-state index in [9.17, 15) is 4.79 Å². The van der Waals surface area contributed by atoms with Crippen molar-refractivity contribution in [2.45, 2.75) is 25.3 Å². The maximum Gasteiger partial charge on any atom is 0.221 e. The number of carbonyl (C=O) groups is 1. The molecule has 3 rings (SSSR count). The molecule has 3 nitrogen and oxygen atoms in total. The molecular formula is C21H23NO2. The molecule has 1 aliphatic carbocycles. The van der Waals surface area contributed by atoms with Gasteiger partial charge in [-0.3, -0.25) is 4.79 Å². The van der Waals surface area contributed by atoms with Gasteiger partial charge in [-0.1, -0.05) is 54.6 Å². The quantitative estimate of drug-likeness (QED) is 0.808. The second kappa shape index (κ2) is 7.82. The summed E-state index contributed by atoms with van der Waals surface area (Å²) in [5.74, 6) is 1.28. The third kappa shape index (κ3) is 4.05. The Balaban J connectivity index is 1.79. The van der Waals surface area contributed by atoms with Gasteiger partial charge in [0, 0.05) is 6.42 Å². The smallest absolute Gasteiger partial charge is 0.221 e. The molecule has 0 saturated heterocycles. The van der Waals surface area contributed by atoms with Crippen molar-refractivity contribution < 1.29 is 9.53 Å². The SMILES string of the molecule is COc1ccc(C(NC(=O)CC2C=CCC2)c2ccccc2)cc1. The van der Waals surface area contributed by atoms with Gasteiger partial charge in [0.05, 0.1) is 13.2 Å². The number of hydrogen-bond acceptors (Lipinski definition) is 2. The normalized spacial score (nSPS) is 17.5. The Bertz CT molecular complexity index is 692. The molecular weight excluding hydrogens is 298 g/mol. The Morgan fingerprint density at radius 2 is 1.83 bits per heavy atom. The standard InChI is InChI=1S/C21H23NO2/c1-24-19-13-11-18(12-14-19)21(17-9-3-2-4-10-17)22-20(23)15-16-7-5-6-8-16/h2-5,7,9-14,16,21H,6,8,15H2,1H3,(H,22,23). The Morgan fingerprint density at radius 3 is 2.46 bits per heavy atom. The van der Waals surface area contributed by atoms with Gasteiger partial charge in [-0.15, -0.1) is 0 Å². The number of carbonyl (C=O) groups excluding carboxylic acids is 1. The molecule has 2 atom stereocenters. The average Bonchev–Trinajstić information content (AvgIpc) is 3.13. The van der Waals surface area contributed by atoms with E-state index < -0.39 is 0 Å². The maximum atomic E-state index is 12.5. The largest absolute Gasteiger partial charge is 0.497 e. The van der Waals surface area contributed by atoms with Gasteiger partial charge in [0.2, 0.25) is 5.91 Å². The number of allylic oxidation sites excluding steroid dienone is 2. The fourth-order valence-corrected chi connectivity index (χ4v) is 3.12. The first-order chi connectivity index (χ1) is 11.8. The van der Waals surface area contributed by atoms with Gasteiger partial charge in [0.15, 0.2) is 0 Å². The lowest BCUT2D eigenvalue weighted by Crippen LogP contribution is -2.30. The topological polar surface area (TPSA) is 38.3 Å². The van der Waals surface area contributed by atoms with E-state index in [1.807, 2.05) is 54.6 Å². The number of nitrogens with one attached hydrogen (secondary N) is 1. The Hall–Kier alpha value is -2.55. The van der Waals surface area contributed by atoms with Crippen LogP contribution in [0.5, 0.6) is 5.75 Å². The van der Waals surface area contributed by atoms with Crippen LogP contribution in [-0.4, -0.2) is 13.0 Å². The van der Waals surface area contributed by atoms with Gasteiger partial charge >= 0.3 is 0 Å². The van der Waals surface area contributed by atoms with Crippen LogP contribution in [0.25, 0.3) is 0 Å². The Labute approximate surface area is 143 Å². The van der Waals surface area contributed by atoms with Gasteiger partial charge in [-0.05, 0) is 42.0 Å². The van der Waals surface area contributed by atoms with Gasteiger partial charge in [0.25, 0.3) is 0 Å². The van der Waals surface area contributed by atoms with Crippen LogP contribution >= 0.6 is 0 Å². The van der Waals surface area contributed by atoms with Crippen LogP contribution in [-0.2, 0) is 4.79 Å². The molecule has 2 aromatic rings. The Morgan fingerprint density at radius 1 is 1.12 bits per heavy atom. The summed E-state index contributed by atoms with van der Waals surface area (Å²) < 4.78 is 5.23. The molecule has 0 fully saturated rings. The minimum atomic E-state index is -0.144. The highest BCUT2D eigenvalue weighted by atomic mass is 16.5. The molecule has 0 aliphatic heterocycles. The molecule has 3 heteroatoms. The van der Waals surface area contributed by atoms with Crippen LogP contribution in [0.15, 0.2) is 66.7 Å². The van der Waals surface area contributed by atoms with Gasteiger partial charge in [0.1, 0.15) is 5.75 Å². The first kappa shape index (κ1) is 16.3. The van der Waals surface area contributed by atoms with E-state index in [4.69, 9.17) is 4.74 Å². The second-order valence-electron chi connectivity index (χ2n) is 6.15. The number of ether oxygens (including phenoxy) is 1. The molecule has 0 saturated carbocycles. The average molecular weight is 321 g/mol. The van der Waals surface area contributed by atoms with Crippen LogP contribution < -0.4 is 10.1 Å². The van der Waals surface area contributed by atoms with Crippen molar-refractivity contribution in [1.82, 2.24) is 5.32 Å². The molecule has 0 spiro atoms. The summed E-state index contributed by atoms with van der Waals surface area (Å²) in [5.41, 5.74) is 2.13. The zero-order valence-corrected chi connectivity index (χ0v) is 13.9. The number of benzene rings is 2. The molecule has 0 radical (unpaired) electrons. The fraction of sp³-hybridized carbons (Fsp3) is 0.286. The predicted molar refractivity (Wildman–Crippen MR) is 95.9 cm³/mol. The van der Waals surface area contributed by atoms with Crippen molar-refractivity contribution in [3.05, 3.63) is 77.9 Å². The van der Waals surface area contributed by atoms with E-state index >= 15 is 0 Å². The molecule has 1 N–H and O–H groups in total. The minimum Gasteiger partial charge on any atom is -0.497 e. The third-order valence-electron chi connectivity index (χ3n) is 4.45. The molecule has 24 heavy (non-hydrogen) atoms. The minimum absolute atomic E-state index is 0.0937. The van der Waals surface area contributed by atoms with Crippen LogP contribution in [0.1, 0.15) is 36.4 Å². The Kier molecular flexibility index (Phi) is 5.32. The number of rotatable bonds is 6. The van der Waals surface area contributed by atoms with E-state index in [1.54, 1.807) is 7.11 Å². The number of methoxy groups -OCH3 is 1. The summed E-state index contributed by atoms with van der Waals surface area (Å²) in [7, 11) is 1.65. The van der Waals surface area contributed by atoms with Gasteiger partial charge < -0.3 is 10.1 Å². The van der Waals surface area contributed by atoms with Crippen LogP contribution in [0.2, 0.25) is 0 Å². The molecule has 1 amide bonds. The van der Waals surface area contributed by atoms with E-state index in [-0.39, 0.29) is 11.9 Å². The van der Waals surface area contributed by atoms with Crippen LogP contribution in [0.3, 0.4) is 0 Å². The predicted octanol–water partition coefficient (Wildman–Crippen LogP) is 4.26. The molecule has 1 aliphatic rings. The summed E-state index contributed by atoms with van der Waals surface area (Å²) in [6.07, 6.45) is 7.03. The monoisotopic (exact) mass is 321 g/mol. The molecule has 2 unspecified atom stereocenters. The van der Waals surface area contributed by atoms with Crippen molar-refractivity contribution >= 4 is 5.91 Å². The number of amides is 1. The highest BCUT2D eigenvalue weighted by Crippen LogP contribution is 2.26. The summed E-state index contributed by atoms with van der Waals surface area (Å²) in [6.45, 7) is 0. The highest BCUT2D eigenvalue weighted by molar-refractivity contribution is 5.77.